The lowest BCUT2D eigenvalue weighted by Crippen LogP contribution is -2.14. The van der Waals surface area contributed by atoms with Crippen LogP contribution in [0.3, 0.4) is 0 Å². The number of halogens is 2. The molecule has 0 amide bonds. The van der Waals surface area contributed by atoms with E-state index >= 15 is 0 Å². The topological polar surface area (TPSA) is 116 Å². The number of benzene rings is 1. The van der Waals surface area contributed by atoms with E-state index in [1.165, 1.54) is 6.07 Å². The number of azide groups is 1. The lowest BCUT2D eigenvalue weighted by molar-refractivity contribution is 0.0957. The number of hydrogen-bond donors (Lipinski definition) is 0. The molecule has 0 saturated heterocycles. The van der Waals surface area contributed by atoms with Crippen LogP contribution in [-0.2, 0) is 6.61 Å². The van der Waals surface area contributed by atoms with Gasteiger partial charge in [0.1, 0.15) is 23.9 Å². The van der Waals surface area contributed by atoms with Gasteiger partial charge in [-0.25, -0.2) is 13.8 Å². The molecule has 8 nitrogen and oxygen atoms in total. The van der Waals surface area contributed by atoms with E-state index < -0.39 is 17.6 Å². The Kier molecular flexibility index (Phi) is 7.03. The van der Waals surface area contributed by atoms with E-state index in [-0.39, 0.29) is 43.1 Å². The summed E-state index contributed by atoms with van der Waals surface area (Å²) in [4.78, 5) is 20.2. The normalized spacial score (nSPS) is 11.6. The largest absolute Gasteiger partial charge is 0.485 e. The van der Waals surface area contributed by atoms with Crippen molar-refractivity contribution in [1.82, 2.24) is 9.38 Å². The van der Waals surface area contributed by atoms with E-state index in [1.54, 1.807) is 30.5 Å². The van der Waals surface area contributed by atoms with Crippen molar-refractivity contribution < 1.29 is 18.3 Å². The highest BCUT2D eigenvalue weighted by atomic mass is 19.1. The van der Waals surface area contributed by atoms with E-state index in [4.69, 9.17) is 15.5 Å². The van der Waals surface area contributed by atoms with Crippen LogP contribution in [0.5, 0.6) is 5.75 Å². The molecular formula is C22H20F2N6O2. The smallest absolute Gasteiger partial charge is 0.181 e. The molecule has 0 aliphatic rings. The van der Waals surface area contributed by atoms with Crippen molar-refractivity contribution in [2.45, 2.75) is 33.3 Å². The fourth-order valence-corrected chi connectivity index (χ4v) is 3.46. The number of nitriles is 1. The summed E-state index contributed by atoms with van der Waals surface area (Å²) in [6.07, 6.45) is 1.79. The van der Waals surface area contributed by atoms with Crippen LogP contribution in [-0.4, -0.2) is 21.7 Å². The van der Waals surface area contributed by atoms with Crippen molar-refractivity contribution >= 4 is 11.4 Å². The predicted octanol–water partition coefficient (Wildman–Crippen LogP) is 5.22. The van der Waals surface area contributed by atoms with Crippen LogP contribution in [0.2, 0.25) is 0 Å². The third-order valence-electron chi connectivity index (χ3n) is 4.95. The van der Waals surface area contributed by atoms with Gasteiger partial charge in [-0.2, -0.15) is 5.26 Å². The molecule has 0 spiro atoms. The summed E-state index contributed by atoms with van der Waals surface area (Å²) >= 11 is 0. The van der Waals surface area contributed by atoms with Crippen LogP contribution in [0.15, 0.2) is 35.6 Å². The molecule has 3 aromatic rings. The zero-order valence-corrected chi connectivity index (χ0v) is 17.5. The number of carbonyl (C=O) groups is 1. The van der Waals surface area contributed by atoms with Gasteiger partial charge in [0.05, 0.1) is 17.3 Å². The molecule has 0 fully saturated rings. The van der Waals surface area contributed by atoms with Crippen molar-refractivity contribution in [3.05, 3.63) is 75.1 Å². The maximum atomic E-state index is 14.0. The molecular weight excluding hydrogens is 418 g/mol. The zero-order valence-electron chi connectivity index (χ0n) is 17.5. The first-order valence-electron chi connectivity index (χ1n) is 9.81. The molecule has 0 saturated carbocycles. The molecule has 0 bridgehead atoms. The van der Waals surface area contributed by atoms with Crippen LogP contribution in [0.4, 0.5) is 8.78 Å². The molecule has 1 atom stereocenters. The number of rotatable bonds is 9. The van der Waals surface area contributed by atoms with Gasteiger partial charge in [-0.1, -0.05) is 11.2 Å². The Morgan fingerprint density at radius 3 is 2.75 bits per heavy atom. The summed E-state index contributed by atoms with van der Waals surface area (Å²) in [5, 5.41) is 12.5. The first-order chi connectivity index (χ1) is 15.3. The number of nitrogens with zero attached hydrogens (tertiary/aromatic N) is 6. The van der Waals surface area contributed by atoms with E-state index in [1.807, 2.05) is 6.07 Å². The molecule has 0 radical (unpaired) electrons. The number of hydrogen-bond acceptors (Lipinski definition) is 5. The number of Topliss-reactive ketones (excluding diaryl/α,β-unsaturated/α-hetero) is 1. The Morgan fingerprint density at radius 1 is 1.38 bits per heavy atom. The molecule has 0 aliphatic heterocycles. The predicted molar refractivity (Wildman–Crippen MR) is 112 cm³/mol. The number of carbonyl (C=O) groups excluding carboxylic acids is 1. The Bertz CT molecular complexity index is 1240. The standard InChI is InChI=1S/C22H20F2N6O2/c1-13-8-20(32-12-16-17(23)4-3-5-18(16)24)22-28-14(2)21(30(22)11-13)19(31)9-15(6-7-25)10-27-29-26/h3-5,8,11,15H,6,9-10,12H2,1-2H3. The van der Waals surface area contributed by atoms with Crippen molar-refractivity contribution in [1.29, 1.82) is 5.26 Å². The number of imidazole rings is 1. The maximum absolute atomic E-state index is 14.0. The van der Waals surface area contributed by atoms with Crippen LogP contribution in [0, 0.1) is 42.7 Å². The van der Waals surface area contributed by atoms with Gasteiger partial charge in [-0.15, -0.1) is 0 Å². The zero-order chi connectivity index (χ0) is 23.3. The number of ether oxygens (including phenoxy) is 1. The first kappa shape index (κ1) is 22.7. The van der Waals surface area contributed by atoms with Crippen LogP contribution in [0.25, 0.3) is 16.1 Å². The molecule has 3 rings (SSSR count). The molecule has 0 aliphatic carbocycles. The van der Waals surface area contributed by atoms with Gasteiger partial charge in [-0.3, -0.25) is 9.20 Å². The molecule has 0 N–H and O–H groups in total. The molecule has 1 aromatic carbocycles. The first-order valence-corrected chi connectivity index (χ1v) is 9.81. The number of ketones is 1. The Hall–Kier alpha value is -3.96. The van der Waals surface area contributed by atoms with Gasteiger partial charge in [-0.05, 0) is 49.1 Å². The highest BCUT2D eigenvalue weighted by Crippen LogP contribution is 2.27. The van der Waals surface area contributed by atoms with Gasteiger partial charge in [0, 0.05) is 30.5 Å². The average Bonchev–Trinajstić information content (AvgIpc) is 3.07. The maximum Gasteiger partial charge on any atom is 0.181 e. The summed E-state index contributed by atoms with van der Waals surface area (Å²) in [6, 6.07) is 7.25. The highest BCUT2D eigenvalue weighted by Gasteiger charge is 2.23. The minimum atomic E-state index is -0.715. The van der Waals surface area contributed by atoms with Crippen molar-refractivity contribution in [3.63, 3.8) is 0 Å². The third kappa shape index (κ3) is 4.85. The monoisotopic (exact) mass is 438 g/mol. The van der Waals surface area contributed by atoms with Crippen molar-refractivity contribution in [2.75, 3.05) is 6.54 Å². The van der Waals surface area contributed by atoms with Gasteiger partial charge < -0.3 is 4.74 Å². The Labute approximate surface area is 182 Å². The van der Waals surface area contributed by atoms with Gasteiger partial charge >= 0.3 is 0 Å². The fraction of sp³-hybridized carbons (Fsp3) is 0.318. The highest BCUT2D eigenvalue weighted by molar-refractivity contribution is 5.97. The third-order valence-corrected chi connectivity index (χ3v) is 4.95. The second kappa shape index (κ2) is 9.90. The van der Waals surface area contributed by atoms with Gasteiger partial charge in [0.25, 0.3) is 0 Å². The fourth-order valence-electron chi connectivity index (χ4n) is 3.46. The molecule has 2 aromatic heterocycles. The summed E-state index contributed by atoms with van der Waals surface area (Å²) in [6.45, 7) is 3.15. The molecule has 32 heavy (non-hydrogen) atoms. The van der Waals surface area contributed by atoms with Crippen LogP contribution in [0.1, 0.15) is 40.2 Å². The number of pyridine rings is 1. The van der Waals surface area contributed by atoms with Crippen molar-refractivity contribution in [2.24, 2.45) is 11.0 Å². The second-order valence-corrected chi connectivity index (χ2v) is 7.38. The van der Waals surface area contributed by atoms with E-state index in [2.05, 4.69) is 15.0 Å². The van der Waals surface area contributed by atoms with Gasteiger partial charge in [0.2, 0.25) is 0 Å². The average molecular weight is 438 g/mol. The summed E-state index contributed by atoms with van der Waals surface area (Å²) in [5.41, 5.74) is 10.2. The minimum absolute atomic E-state index is 0.00574. The van der Waals surface area contributed by atoms with Crippen LogP contribution < -0.4 is 4.74 Å². The van der Waals surface area contributed by atoms with E-state index in [9.17, 15) is 13.6 Å². The Balaban J connectivity index is 1.94. The van der Waals surface area contributed by atoms with Crippen LogP contribution >= 0.6 is 0 Å². The summed E-state index contributed by atoms with van der Waals surface area (Å²) in [5.74, 6) is -1.84. The summed E-state index contributed by atoms with van der Waals surface area (Å²) < 4.78 is 35.2. The lowest BCUT2D eigenvalue weighted by atomic mass is 9.97. The van der Waals surface area contributed by atoms with E-state index in [0.717, 1.165) is 17.7 Å². The summed E-state index contributed by atoms with van der Waals surface area (Å²) in [7, 11) is 0. The quantitative estimate of drug-likeness (QED) is 0.197. The second-order valence-electron chi connectivity index (χ2n) is 7.38. The van der Waals surface area contributed by atoms with Crippen molar-refractivity contribution in [3.8, 4) is 11.8 Å². The molecule has 1 unspecified atom stereocenters. The number of aromatic nitrogens is 2. The number of aryl methyl sites for hydroxylation is 2. The number of fused-ring (bicyclic) bond motifs is 1. The van der Waals surface area contributed by atoms with E-state index in [0.29, 0.717) is 17.0 Å². The molecule has 10 heteroatoms. The molecule has 2 heterocycles. The Morgan fingerprint density at radius 2 is 2.09 bits per heavy atom. The SMILES string of the molecule is Cc1cc(OCc2c(F)cccc2F)c2nc(C)c(C(=O)CC(CC#N)CN=[N+]=[N-])n2c1. The lowest BCUT2D eigenvalue weighted by Gasteiger charge is -2.12. The molecule has 164 valence electrons. The minimum Gasteiger partial charge on any atom is -0.485 e. The van der Waals surface area contributed by atoms with Gasteiger partial charge in [0.15, 0.2) is 17.2 Å².